The summed E-state index contributed by atoms with van der Waals surface area (Å²) in [5.74, 6) is -2.28. The average molecular weight is 462 g/mol. The van der Waals surface area contributed by atoms with Crippen LogP contribution in [0.25, 0.3) is 5.69 Å². The van der Waals surface area contributed by atoms with Gasteiger partial charge < -0.3 is 19.9 Å². The number of nitrogens with two attached hydrogens (primary N) is 1. The van der Waals surface area contributed by atoms with Crippen molar-refractivity contribution >= 4 is 17.6 Å². The molecule has 2 N–H and O–H groups in total. The van der Waals surface area contributed by atoms with E-state index in [1.54, 1.807) is 58.5 Å². The molecule has 2 saturated heterocycles. The van der Waals surface area contributed by atoms with E-state index in [0.29, 0.717) is 29.8 Å². The Kier molecular flexibility index (Phi) is 5.70. The van der Waals surface area contributed by atoms with E-state index < -0.39 is 17.9 Å². The zero-order valence-corrected chi connectivity index (χ0v) is 18.3. The lowest BCUT2D eigenvalue weighted by molar-refractivity contribution is -0.137. The Morgan fingerprint density at radius 3 is 2.71 bits per heavy atom. The first kappa shape index (κ1) is 22.0. The van der Waals surface area contributed by atoms with Crippen LogP contribution in [0.1, 0.15) is 33.8 Å². The third kappa shape index (κ3) is 3.99. The van der Waals surface area contributed by atoms with Crippen LogP contribution < -0.4 is 5.73 Å². The number of carbonyl (C=O) groups is 3. The molecule has 0 radical (unpaired) electrons. The lowest BCUT2D eigenvalue weighted by Crippen LogP contribution is -2.44. The molecule has 9 heteroatoms. The predicted molar refractivity (Wildman–Crippen MR) is 120 cm³/mol. The summed E-state index contributed by atoms with van der Waals surface area (Å²) < 4.78 is 20.8. The Morgan fingerprint density at radius 1 is 1.21 bits per heavy atom. The largest absolute Gasteiger partial charge is 0.368 e. The van der Waals surface area contributed by atoms with Crippen LogP contribution in [0, 0.1) is 5.82 Å². The number of amides is 2. The molecule has 3 aromatic rings. The topological polar surface area (TPSA) is 108 Å². The quantitative estimate of drug-likeness (QED) is 0.603. The molecule has 8 nitrogen and oxygen atoms in total. The molecule has 0 spiro atoms. The second-order valence-electron chi connectivity index (χ2n) is 8.57. The van der Waals surface area contributed by atoms with E-state index in [0.717, 1.165) is 0 Å². The Balaban J connectivity index is 1.60. The van der Waals surface area contributed by atoms with Crippen LogP contribution in [0.3, 0.4) is 0 Å². The fourth-order valence-electron chi connectivity index (χ4n) is 4.86. The summed E-state index contributed by atoms with van der Waals surface area (Å²) in [7, 11) is 0. The van der Waals surface area contributed by atoms with Crippen LogP contribution in [-0.4, -0.2) is 57.3 Å². The second kappa shape index (κ2) is 8.83. The number of hydrogen-bond donors (Lipinski definition) is 1. The van der Waals surface area contributed by atoms with Gasteiger partial charge in [0.1, 0.15) is 18.5 Å². The number of nitrogens with zero attached hydrogens (tertiary/aromatic N) is 3. The van der Waals surface area contributed by atoms with Gasteiger partial charge in [0.05, 0.1) is 18.3 Å². The zero-order valence-electron chi connectivity index (χ0n) is 18.3. The minimum atomic E-state index is -0.816. The standard InChI is InChI=1S/C25H23FN4O4/c26-16-3-1-15(2-4-16)11-20(25(33)30-9-7-22-23(30)21(31)13-34-22)19-12-17(29-10-8-28-14-29)5-6-18(19)24(27)32/h1-6,8,10,12,14,20,22-23H,7,9,11,13H2,(H2,27,32). The Hall–Kier alpha value is -3.85. The summed E-state index contributed by atoms with van der Waals surface area (Å²) in [5, 5.41) is 0. The molecule has 2 aromatic carbocycles. The van der Waals surface area contributed by atoms with Crippen LogP contribution >= 0.6 is 0 Å². The summed E-state index contributed by atoms with van der Waals surface area (Å²) in [6.07, 6.45) is 5.45. The molecule has 3 heterocycles. The molecule has 3 atom stereocenters. The highest BCUT2D eigenvalue weighted by Crippen LogP contribution is 2.34. The summed E-state index contributed by atoms with van der Waals surface area (Å²) in [4.78, 5) is 44.4. The number of ketones is 1. The molecule has 2 aliphatic rings. The highest BCUT2D eigenvalue weighted by molar-refractivity contribution is 5.99. The monoisotopic (exact) mass is 462 g/mol. The number of fused-ring (bicyclic) bond motifs is 1. The summed E-state index contributed by atoms with van der Waals surface area (Å²) in [6.45, 7) is 0.372. The maximum atomic E-state index is 14.0. The van der Waals surface area contributed by atoms with Crippen molar-refractivity contribution in [2.75, 3.05) is 13.2 Å². The van der Waals surface area contributed by atoms with Crippen molar-refractivity contribution in [2.24, 2.45) is 5.73 Å². The minimum absolute atomic E-state index is 0.00953. The van der Waals surface area contributed by atoms with E-state index in [-0.39, 0.29) is 42.2 Å². The van der Waals surface area contributed by atoms with E-state index >= 15 is 0 Å². The number of primary amides is 1. The molecule has 2 aliphatic heterocycles. The number of Topliss-reactive ketones (excluding diaryl/α,β-unsaturated/α-hetero) is 1. The first-order valence-corrected chi connectivity index (χ1v) is 11.0. The molecule has 0 aliphatic carbocycles. The molecule has 2 amide bonds. The third-order valence-electron chi connectivity index (χ3n) is 6.52. The summed E-state index contributed by atoms with van der Waals surface area (Å²) in [5.41, 5.74) is 7.77. The maximum Gasteiger partial charge on any atom is 0.249 e. The fourth-order valence-corrected chi connectivity index (χ4v) is 4.86. The molecule has 0 bridgehead atoms. The van der Waals surface area contributed by atoms with E-state index in [9.17, 15) is 18.8 Å². The van der Waals surface area contributed by atoms with Gasteiger partial charge in [-0.25, -0.2) is 9.37 Å². The second-order valence-corrected chi connectivity index (χ2v) is 8.57. The number of halogens is 1. The van der Waals surface area contributed by atoms with Gasteiger partial charge in [-0.15, -0.1) is 0 Å². The van der Waals surface area contributed by atoms with Crippen LogP contribution in [-0.2, 0) is 20.7 Å². The van der Waals surface area contributed by atoms with Gasteiger partial charge in [0, 0.05) is 30.2 Å². The van der Waals surface area contributed by atoms with Crippen LogP contribution in [0.2, 0.25) is 0 Å². The predicted octanol–water partition coefficient (Wildman–Crippen LogP) is 2.01. The average Bonchev–Trinajstić information content (AvgIpc) is 3.58. The molecule has 174 valence electrons. The number of carbonyl (C=O) groups excluding carboxylic acids is 3. The molecule has 34 heavy (non-hydrogen) atoms. The number of ether oxygens (including phenoxy) is 1. The van der Waals surface area contributed by atoms with Crippen molar-refractivity contribution in [3.8, 4) is 5.69 Å². The molecule has 1 aromatic heterocycles. The first-order chi connectivity index (χ1) is 16.4. The molecular weight excluding hydrogens is 439 g/mol. The maximum absolute atomic E-state index is 14.0. The normalized spacial score (nSPS) is 20.4. The SMILES string of the molecule is NC(=O)c1ccc(-n2ccnc2)cc1C(Cc1ccc(F)cc1)C(=O)N1CCC2OCC(=O)C21. The summed E-state index contributed by atoms with van der Waals surface area (Å²) >= 11 is 0. The smallest absolute Gasteiger partial charge is 0.249 e. The van der Waals surface area contributed by atoms with E-state index in [4.69, 9.17) is 10.5 Å². The van der Waals surface area contributed by atoms with Crippen LogP contribution in [0.5, 0.6) is 0 Å². The highest BCUT2D eigenvalue weighted by Gasteiger charge is 2.48. The molecule has 3 unspecified atom stereocenters. The van der Waals surface area contributed by atoms with Gasteiger partial charge in [0.15, 0.2) is 5.78 Å². The van der Waals surface area contributed by atoms with Gasteiger partial charge in [0.25, 0.3) is 0 Å². The number of likely N-dealkylation sites (tertiary alicyclic amines) is 1. The zero-order chi connectivity index (χ0) is 23.8. The molecule has 5 rings (SSSR count). The Morgan fingerprint density at radius 2 is 2.00 bits per heavy atom. The van der Waals surface area contributed by atoms with Gasteiger partial charge in [-0.2, -0.15) is 0 Å². The van der Waals surface area contributed by atoms with Crippen molar-refractivity contribution < 1.29 is 23.5 Å². The first-order valence-electron chi connectivity index (χ1n) is 11.0. The highest BCUT2D eigenvalue weighted by atomic mass is 19.1. The van der Waals surface area contributed by atoms with Crippen LogP contribution in [0.15, 0.2) is 61.2 Å². The lowest BCUT2D eigenvalue weighted by Gasteiger charge is -2.28. The van der Waals surface area contributed by atoms with Crippen molar-refractivity contribution in [2.45, 2.75) is 30.9 Å². The molecule has 0 saturated carbocycles. The van der Waals surface area contributed by atoms with Crippen molar-refractivity contribution in [3.05, 3.63) is 83.7 Å². The fraction of sp³-hybridized carbons (Fsp3) is 0.280. The third-order valence-corrected chi connectivity index (χ3v) is 6.52. The van der Waals surface area contributed by atoms with Gasteiger partial charge in [-0.05, 0) is 54.3 Å². The van der Waals surface area contributed by atoms with Crippen LogP contribution in [0.4, 0.5) is 4.39 Å². The number of imidazole rings is 1. The van der Waals surface area contributed by atoms with Gasteiger partial charge in [-0.3, -0.25) is 14.4 Å². The van der Waals surface area contributed by atoms with E-state index in [1.165, 1.54) is 12.1 Å². The Bertz CT molecular complexity index is 1240. The van der Waals surface area contributed by atoms with Crippen molar-refractivity contribution in [1.82, 2.24) is 14.5 Å². The number of hydrogen-bond acceptors (Lipinski definition) is 5. The van der Waals surface area contributed by atoms with Gasteiger partial charge in [-0.1, -0.05) is 12.1 Å². The molecular formula is C25H23FN4O4. The van der Waals surface area contributed by atoms with Gasteiger partial charge in [0.2, 0.25) is 11.8 Å². The lowest BCUT2D eigenvalue weighted by atomic mass is 9.86. The van der Waals surface area contributed by atoms with E-state index in [1.807, 2.05) is 0 Å². The van der Waals surface area contributed by atoms with Crippen molar-refractivity contribution in [3.63, 3.8) is 0 Å². The van der Waals surface area contributed by atoms with Crippen molar-refractivity contribution in [1.29, 1.82) is 0 Å². The summed E-state index contributed by atoms with van der Waals surface area (Å²) in [6, 6.07) is 10.3. The number of aromatic nitrogens is 2. The molecule has 2 fully saturated rings. The minimum Gasteiger partial charge on any atom is -0.368 e. The number of benzene rings is 2. The van der Waals surface area contributed by atoms with Gasteiger partial charge >= 0.3 is 0 Å². The van der Waals surface area contributed by atoms with E-state index in [2.05, 4.69) is 4.98 Å². The number of rotatable bonds is 6. The Labute approximate surface area is 195 Å².